The van der Waals surface area contributed by atoms with E-state index in [-0.39, 0.29) is 28.1 Å². The van der Waals surface area contributed by atoms with Crippen molar-refractivity contribution < 1.29 is 28.4 Å². The first-order valence-electron chi connectivity index (χ1n) is 12.2. The molecule has 2 aromatic carbocycles. The van der Waals surface area contributed by atoms with Gasteiger partial charge in [-0.2, -0.15) is 5.10 Å². The molecule has 11 nitrogen and oxygen atoms in total. The van der Waals surface area contributed by atoms with Gasteiger partial charge in [0.1, 0.15) is 29.1 Å². The smallest absolute Gasteiger partial charge is 0.270 e. The molecule has 0 aliphatic heterocycles. The third kappa shape index (κ3) is 8.20. The van der Waals surface area contributed by atoms with E-state index in [9.17, 15) is 19.7 Å². The third-order valence-electron chi connectivity index (χ3n) is 5.56. The molecule has 0 bridgehead atoms. The van der Waals surface area contributed by atoms with Crippen LogP contribution in [-0.4, -0.2) is 42.2 Å². The quantitative estimate of drug-likeness (QED) is 0.158. The van der Waals surface area contributed by atoms with E-state index in [1.54, 1.807) is 24.3 Å². The Labute approximate surface area is 240 Å². The summed E-state index contributed by atoms with van der Waals surface area (Å²) in [7, 11) is 1.44. The fraction of sp³-hybridized carbons (Fsp3) is 0.296. The molecule has 40 heavy (non-hydrogen) atoms. The van der Waals surface area contributed by atoms with Crippen molar-refractivity contribution in [2.75, 3.05) is 7.11 Å². The van der Waals surface area contributed by atoms with E-state index in [1.165, 1.54) is 44.5 Å². The molecule has 13 heteroatoms. The van der Waals surface area contributed by atoms with Crippen LogP contribution >= 0.6 is 23.2 Å². The van der Waals surface area contributed by atoms with Crippen LogP contribution in [0.4, 0.5) is 5.69 Å². The molecular formula is C27H28Cl2N4O7. The maximum absolute atomic E-state index is 12.9. The summed E-state index contributed by atoms with van der Waals surface area (Å²) in [6, 6.07) is 11.1. The van der Waals surface area contributed by atoms with Crippen LogP contribution < -0.4 is 20.2 Å². The summed E-state index contributed by atoms with van der Waals surface area (Å²) in [4.78, 5) is 36.3. The van der Waals surface area contributed by atoms with Gasteiger partial charge in [-0.3, -0.25) is 19.7 Å². The van der Waals surface area contributed by atoms with Gasteiger partial charge >= 0.3 is 0 Å². The minimum atomic E-state index is -0.947. The first-order valence-corrected chi connectivity index (χ1v) is 12.9. The molecule has 0 saturated carbocycles. The maximum atomic E-state index is 12.9. The number of nitrogens with one attached hydrogen (secondary N) is 2. The van der Waals surface area contributed by atoms with Gasteiger partial charge in [0, 0.05) is 17.2 Å². The Hall–Kier alpha value is -4.09. The molecule has 2 N–H and O–H groups in total. The average molecular weight is 591 g/mol. The van der Waals surface area contributed by atoms with Crippen LogP contribution in [0.25, 0.3) is 11.3 Å². The van der Waals surface area contributed by atoms with E-state index in [4.69, 9.17) is 37.1 Å². The summed E-state index contributed by atoms with van der Waals surface area (Å²) in [5.74, 6) is 0.284. The number of amides is 2. The van der Waals surface area contributed by atoms with E-state index in [0.29, 0.717) is 28.5 Å². The minimum absolute atomic E-state index is 0.0829. The van der Waals surface area contributed by atoms with Gasteiger partial charge < -0.3 is 19.2 Å². The molecule has 0 unspecified atom stereocenters. The molecule has 0 aliphatic carbocycles. The predicted octanol–water partition coefficient (Wildman–Crippen LogP) is 5.62. The van der Waals surface area contributed by atoms with Crippen molar-refractivity contribution in [3.8, 4) is 22.8 Å². The predicted molar refractivity (Wildman–Crippen MR) is 151 cm³/mol. The van der Waals surface area contributed by atoms with Gasteiger partial charge in [-0.1, -0.05) is 37.0 Å². The standard InChI is InChI=1S/C27H28Cl2N4O7/c1-15(2)11-22(31-26(34)16(3)39-25-8-5-17(28)12-21(25)29)27(35)32-30-14-19-7-10-24(40-19)20-13-18(33(36)37)6-9-23(20)38-4/h5-10,12-16,22H,11H2,1-4H3,(H,31,34)(H,32,35)/b30-14-/t16-,22-/m1/s1. The van der Waals surface area contributed by atoms with Gasteiger partial charge in [0.05, 0.1) is 28.8 Å². The van der Waals surface area contributed by atoms with E-state index < -0.39 is 28.9 Å². The molecule has 0 aliphatic rings. The van der Waals surface area contributed by atoms with Crippen molar-refractivity contribution in [2.24, 2.45) is 11.0 Å². The second kappa shape index (κ2) is 13.8. The number of carbonyl (C=O) groups excluding carboxylic acids is 2. The van der Waals surface area contributed by atoms with E-state index >= 15 is 0 Å². The van der Waals surface area contributed by atoms with Gasteiger partial charge in [0.15, 0.2) is 6.10 Å². The number of ether oxygens (including phenoxy) is 2. The minimum Gasteiger partial charge on any atom is -0.496 e. The Morgan fingerprint density at radius 3 is 2.45 bits per heavy atom. The highest BCUT2D eigenvalue weighted by Gasteiger charge is 2.25. The lowest BCUT2D eigenvalue weighted by atomic mass is 10.0. The summed E-state index contributed by atoms with van der Waals surface area (Å²) in [5.41, 5.74) is 2.67. The molecule has 1 heterocycles. The largest absolute Gasteiger partial charge is 0.496 e. The van der Waals surface area contributed by atoms with Crippen molar-refractivity contribution in [1.82, 2.24) is 10.7 Å². The second-order valence-electron chi connectivity index (χ2n) is 9.10. The number of hydrogen-bond acceptors (Lipinski definition) is 8. The van der Waals surface area contributed by atoms with Crippen molar-refractivity contribution in [2.45, 2.75) is 39.3 Å². The fourth-order valence-corrected chi connectivity index (χ4v) is 4.07. The molecule has 3 rings (SSSR count). The Morgan fingerprint density at radius 1 is 1.07 bits per heavy atom. The number of furan rings is 1. The molecular weight excluding hydrogens is 563 g/mol. The third-order valence-corrected chi connectivity index (χ3v) is 6.09. The number of rotatable bonds is 12. The van der Waals surface area contributed by atoms with Crippen molar-refractivity contribution in [1.29, 1.82) is 0 Å². The molecule has 1 aromatic heterocycles. The number of halogens is 2. The lowest BCUT2D eigenvalue weighted by Crippen LogP contribution is -2.49. The van der Waals surface area contributed by atoms with E-state index in [1.807, 2.05) is 13.8 Å². The number of non-ortho nitro benzene ring substituents is 1. The Bertz CT molecular complexity index is 1410. The number of methoxy groups -OCH3 is 1. The molecule has 0 radical (unpaired) electrons. The van der Waals surface area contributed by atoms with Gasteiger partial charge in [0.2, 0.25) is 0 Å². The van der Waals surface area contributed by atoms with Crippen molar-refractivity contribution in [3.63, 3.8) is 0 Å². The molecule has 212 valence electrons. The number of nitrogens with zero attached hydrogens (tertiary/aromatic N) is 2. The summed E-state index contributed by atoms with van der Waals surface area (Å²) >= 11 is 12.0. The van der Waals surface area contributed by atoms with Gasteiger partial charge in [0.25, 0.3) is 17.5 Å². The number of nitro benzene ring substituents is 1. The molecule has 3 aromatic rings. The zero-order valence-electron chi connectivity index (χ0n) is 22.1. The number of carbonyl (C=O) groups is 2. The second-order valence-corrected chi connectivity index (χ2v) is 9.95. The van der Waals surface area contributed by atoms with Crippen LogP contribution in [0, 0.1) is 16.0 Å². The maximum Gasteiger partial charge on any atom is 0.270 e. The highest BCUT2D eigenvalue weighted by molar-refractivity contribution is 6.35. The van der Waals surface area contributed by atoms with Crippen LogP contribution in [0.15, 0.2) is 58.0 Å². The number of hydrogen-bond donors (Lipinski definition) is 2. The molecule has 2 atom stereocenters. The van der Waals surface area contributed by atoms with Gasteiger partial charge in [-0.05, 0) is 55.7 Å². The summed E-state index contributed by atoms with van der Waals surface area (Å²) in [6.45, 7) is 5.36. The Kier molecular flexibility index (Phi) is 10.5. The summed E-state index contributed by atoms with van der Waals surface area (Å²) < 4.78 is 16.6. The average Bonchev–Trinajstić information content (AvgIpc) is 3.37. The zero-order valence-corrected chi connectivity index (χ0v) is 23.7. The van der Waals surface area contributed by atoms with E-state index in [2.05, 4.69) is 15.8 Å². The van der Waals surface area contributed by atoms with Crippen molar-refractivity contribution in [3.05, 3.63) is 74.5 Å². The van der Waals surface area contributed by atoms with Gasteiger partial charge in [-0.25, -0.2) is 5.43 Å². The SMILES string of the molecule is COc1ccc([N+](=O)[O-])cc1-c1ccc(/C=N\NC(=O)[C@@H](CC(C)C)NC(=O)[C@@H](C)Oc2ccc(Cl)cc2Cl)o1. The first kappa shape index (κ1) is 30.5. The first-order chi connectivity index (χ1) is 19.0. The summed E-state index contributed by atoms with van der Waals surface area (Å²) in [6.07, 6.45) is 0.671. The number of nitro groups is 1. The van der Waals surface area contributed by atoms with E-state index in [0.717, 1.165) is 0 Å². The van der Waals surface area contributed by atoms with Crippen LogP contribution in [0.1, 0.15) is 33.0 Å². The molecule has 2 amide bonds. The molecule has 0 fully saturated rings. The highest BCUT2D eigenvalue weighted by Crippen LogP contribution is 2.34. The lowest BCUT2D eigenvalue weighted by molar-refractivity contribution is -0.384. The number of hydrazone groups is 1. The Balaban J connectivity index is 1.65. The van der Waals surface area contributed by atoms with Gasteiger partial charge in [-0.15, -0.1) is 0 Å². The lowest BCUT2D eigenvalue weighted by Gasteiger charge is -2.22. The molecule has 0 saturated heterocycles. The van der Waals surface area contributed by atoms with Crippen molar-refractivity contribution >= 4 is 46.9 Å². The zero-order chi connectivity index (χ0) is 29.4. The monoisotopic (exact) mass is 590 g/mol. The number of benzene rings is 2. The Morgan fingerprint density at radius 2 is 1.80 bits per heavy atom. The fourth-order valence-electron chi connectivity index (χ4n) is 3.61. The normalized spacial score (nSPS) is 12.7. The van der Waals surface area contributed by atoms with Crippen LogP contribution in [0.5, 0.6) is 11.5 Å². The van der Waals surface area contributed by atoms with Crippen LogP contribution in [0.2, 0.25) is 10.0 Å². The summed E-state index contributed by atoms with van der Waals surface area (Å²) in [5, 5.41) is 18.5. The van der Waals surface area contributed by atoms with Crippen LogP contribution in [-0.2, 0) is 9.59 Å². The topological polar surface area (TPSA) is 145 Å². The van der Waals surface area contributed by atoms with Crippen LogP contribution in [0.3, 0.4) is 0 Å². The highest BCUT2D eigenvalue weighted by atomic mass is 35.5. The molecule has 0 spiro atoms.